The van der Waals surface area contributed by atoms with Crippen LogP contribution in [0.2, 0.25) is 0 Å². The minimum atomic E-state index is 0.796. The molecular formula is C8H10N2. The summed E-state index contributed by atoms with van der Waals surface area (Å²) in [4.78, 5) is 3.87. The van der Waals surface area contributed by atoms with E-state index in [9.17, 15) is 0 Å². The summed E-state index contributed by atoms with van der Waals surface area (Å²) in [6.45, 7) is 6.26. The molecule has 0 fully saturated rings. The zero-order chi connectivity index (χ0) is 7.40. The van der Waals surface area contributed by atoms with Gasteiger partial charge in [0.25, 0.3) is 0 Å². The quantitative estimate of drug-likeness (QED) is 0.496. The minimum absolute atomic E-state index is 0.796. The molecule has 0 atom stereocenters. The lowest BCUT2D eigenvalue weighted by molar-refractivity contribution is 0.407. The van der Waals surface area contributed by atoms with Crippen molar-refractivity contribution >= 4 is 0 Å². The monoisotopic (exact) mass is 134 g/mol. The molecule has 2 heteroatoms. The lowest BCUT2D eigenvalue weighted by Crippen LogP contribution is -2.16. The molecule has 0 spiro atoms. The summed E-state index contributed by atoms with van der Waals surface area (Å²) in [5, 5.41) is 0. The Hall–Kier alpha value is -1.36. The van der Waals surface area contributed by atoms with Crippen LogP contribution in [-0.4, -0.2) is 16.5 Å². The van der Waals surface area contributed by atoms with Crippen molar-refractivity contribution in [2.24, 2.45) is 0 Å². The highest BCUT2D eigenvalue weighted by atomic mass is 15.3. The Morgan fingerprint density at radius 2 is 2.40 bits per heavy atom. The standard InChI is InChI=1S/C8H10N2/c1-3-5-10-7-6-9(4-2)8-10/h4,6-7H,2,8H2,1H3. The first-order valence-electron chi connectivity index (χ1n) is 3.12. The van der Waals surface area contributed by atoms with Crippen LogP contribution in [0.4, 0.5) is 0 Å². The molecule has 1 aliphatic heterocycles. The first-order chi connectivity index (χ1) is 4.86. The Bertz CT molecular complexity index is 207. The van der Waals surface area contributed by atoms with Gasteiger partial charge in [0.15, 0.2) is 0 Å². The average Bonchev–Trinajstić information content (AvgIpc) is 2.37. The molecule has 0 saturated carbocycles. The molecule has 0 saturated heterocycles. The fourth-order valence-corrected chi connectivity index (χ4v) is 0.771. The van der Waals surface area contributed by atoms with Gasteiger partial charge in [0, 0.05) is 18.4 Å². The Morgan fingerprint density at radius 1 is 1.60 bits per heavy atom. The Kier molecular flexibility index (Phi) is 2.01. The number of nitrogens with zero attached hydrogens (tertiary/aromatic N) is 2. The zero-order valence-electron chi connectivity index (χ0n) is 6.04. The van der Waals surface area contributed by atoms with Gasteiger partial charge >= 0.3 is 0 Å². The smallest absolute Gasteiger partial charge is 0.106 e. The van der Waals surface area contributed by atoms with E-state index in [-0.39, 0.29) is 0 Å². The molecule has 0 aromatic heterocycles. The lowest BCUT2D eigenvalue weighted by Gasteiger charge is -2.10. The predicted molar refractivity (Wildman–Crippen MR) is 41.3 cm³/mol. The van der Waals surface area contributed by atoms with Crippen LogP contribution in [0.1, 0.15) is 6.92 Å². The van der Waals surface area contributed by atoms with Crippen LogP contribution >= 0.6 is 0 Å². The van der Waals surface area contributed by atoms with Crippen LogP contribution in [0.25, 0.3) is 0 Å². The van der Waals surface area contributed by atoms with Crippen molar-refractivity contribution in [1.82, 2.24) is 9.80 Å². The largest absolute Gasteiger partial charge is 0.334 e. The van der Waals surface area contributed by atoms with Gasteiger partial charge in [-0.15, -0.1) is 0 Å². The maximum Gasteiger partial charge on any atom is 0.106 e. The van der Waals surface area contributed by atoms with Gasteiger partial charge in [-0.2, -0.15) is 0 Å². The molecule has 0 aromatic carbocycles. The summed E-state index contributed by atoms with van der Waals surface area (Å²) >= 11 is 0. The molecule has 0 unspecified atom stereocenters. The maximum absolute atomic E-state index is 3.64. The summed E-state index contributed by atoms with van der Waals surface area (Å²) in [6.07, 6.45) is 5.64. The molecule has 0 amide bonds. The van der Waals surface area contributed by atoms with Crippen LogP contribution in [0, 0.1) is 12.0 Å². The van der Waals surface area contributed by atoms with Crippen molar-refractivity contribution in [2.75, 3.05) is 6.67 Å². The summed E-state index contributed by atoms with van der Waals surface area (Å²) in [6, 6.07) is 2.92. The van der Waals surface area contributed by atoms with Crippen molar-refractivity contribution in [3.8, 4) is 12.0 Å². The Morgan fingerprint density at radius 3 is 2.90 bits per heavy atom. The molecule has 2 nitrogen and oxygen atoms in total. The van der Waals surface area contributed by atoms with Crippen molar-refractivity contribution in [2.45, 2.75) is 6.92 Å². The lowest BCUT2D eigenvalue weighted by atomic mass is 10.7. The van der Waals surface area contributed by atoms with Crippen LogP contribution < -0.4 is 0 Å². The van der Waals surface area contributed by atoms with Crippen molar-refractivity contribution in [3.05, 3.63) is 25.2 Å². The van der Waals surface area contributed by atoms with Crippen molar-refractivity contribution in [1.29, 1.82) is 0 Å². The second-order valence-corrected chi connectivity index (χ2v) is 1.97. The highest BCUT2D eigenvalue weighted by molar-refractivity contribution is 5.06. The fraction of sp³-hybridized carbons (Fsp3) is 0.250. The van der Waals surface area contributed by atoms with Gasteiger partial charge < -0.3 is 4.90 Å². The Labute approximate surface area is 61.4 Å². The number of rotatable bonds is 1. The molecule has 10 heavy (non-hydrogen) atoms. The van der Waals surface area contributed by atoms with Gasteiger partial charge in [-0.05, 0) is 13.1 Å². The van der Waals surface area contributed by atoms with Gasteiger partial charge in [0.05, 0.1) is 0 Å². The molecule has 1 rings (SSSR count). The van der Waals surface area contributed by atoms with Gasteiger partial charge in [0.2, 0.25) is 0 Å². The van der Waals surface area contributed by atoms with Crippen molar-refractivity contribution < 1.29 is 0 Å². The first kappa shape index (κ1) is 6.76. The molecule has 1 heterocycles. The summed E-state index contributed by atoms with van der Waals surface area (Å²) in [5.74, 6) is 2.82. The SMILES string of the molecule is C=CN1C=CN(C#CC)C1. The molecule has 0 bridgehead atoms. The van der Waals surface area contributed by atoms with Crippen LogP contribution in [0.5, 0.6) is 0 Å². The van der Waals surface area contributed by atoms with E-state index in [2.05, 4.69) is 18.5 Å². The van der Waals surface area contributed by atoms with Gasteiger partial charge in [-0.3, -0.25) is 4.90 Å². The third kappa shape index (κ3) is 1.32. The van der Waals surface area contributed by atoms with E-state index < -0.39 is 0 Å². The van der Waals surface area contributed by atoms with Crippen molar-refractivity contribution in [3.63, 3.8) is 0 Å². The topological polar surface area (TPSA) is 6.48 Å². The Balaban J connectivity index is 2.50. The molecular weight excluding hydrogens is 124 g/mol. The normalized spacial score (nSPS) is 14.9. The number of hydrogen-bond donors (Lipinski definition) is 0. The summed E-state index contributed by atoms with van der Waals surface area (Å²) in [5.41, 5.74) is 0. The van der Waals surface area contributed by atoms with E-state index in [1.165, 1.54) is 0 Å². The van der Waals surface area contributed by atoms with E-state index in [1.807, 2.05) is 29.1 Å². The fourth-order valence-electron chi connectivity index (χ4n) is 0.771. The van der Waals surface area contributed by atoms with E-state index in [0.717, 1.165) is 6.67 Å². The molecule has 52 valence electrons. The van der Waals surface area contributed by atoms with E-state index in [0.29, 0.717) is 0 Å². The highest BCUT2D eigenvalue weighted by Crippen LogP contribution is 2.03. The minimum Gasteiger partial charge on any atom is -0.334 e. The third-order valence-electron chi connectivity index (χ3n) is 1.24. The zero-order valence-corrected chi connectivity index (χ0v) is 6.04. The van der Waals surface area contributed by atoms with E-state index in [4.69, 9.17) is 0 Å². The van der Waals surface area contributed by atoms with Crippen LogP contribution in [0.3, 0.4) is 0 Å². The number of hydrogen-bond acceptors (Lipinski definition) is 2. The van der Waals surface area contributed by atoms with Gasteiger partial charge in [-0.25, -0.2) is 0 Å². The highest BCUT2D eigenvalue weighted by Gasteiger charge is 2.04. The molecule has 1 aliphatic rings. The van der Waals surface area contributed by atoms with Crippen LogP contribution in [0.15, 0.2) is 25.2 Å². The average molecular weight is 134 g/mol. The van der Waals surface area contributed by atoms with Gasteiger partial charge in [-0.1, -0.05) is 12.5 Å². The molecule has 0 aromatic rings. The second kappa shape index (κ2) is 2.98. The summed E-state index contributed by atoms with van der Waals surface area (Å²) in [7, 11) is 0. The predicted octanol–water partition coefficient (Wildman–Crippen LogP) is 1.16. The first-order valence-corrected chi connectivity index (χ1v) is 3.12. The van der Waals surface area contributed by atoms with Crippen LogP contribution in [-0.2, 0) is 0 Å². The van der Waals surface area contributed by atoms with E-state index in [1.54, 1.807) is 6.20 Å². The molecule has 0 aliphatic carbocycles. The summed E-state index contributed by atoms with van der Waals surface area (Å²) < 4.78 is 0. The maximum atomic E-state index is 3.64. The second-order valence-electron chi connectivity index (χ2n) is 1.97. The third-order valence-corrected chi connectivity index (χ3v) is 1.24. The van der Waals surface area contributed by atoms with E-state index >= 15 is 0 Å². The molecule has 0 N–H and O–H groups in total. The van der Waals surface area contributed by atoms with Gasteiger partial charge in [0.1, 0.15) is 6.67 Å². The molecule has 0 radical (unpaired) electrons.